The topological polar surface area (TPSA) is 112 Å². The Bertz CT molecular complexity index is 506. The van der Waals surface area contributed by atoms with E-state index in [1.807, 2.05) is 0 Å². The predicted molar refractivity (Wildman–Crippen MR) is 66.3 cm³/mol. The zero-order valence-electron chi connectivity index (χ0n) is 10.2. The van der Waals surface area contributed by atoms with Gasteiger partial charge in [0.2, 0.25) is 0 Å². The highest BCUT2D eigenvalue weighted by Crippen LogP contribution is 2.12. The SMILES string of the molecule is COc1ccc(CC(NC(=O)O)C(=O)C=[N+]=[N-])cc1. The summed E-state index contributed by atoms with van der Waals surface area (Å²) in [6.45, 7) is 0. The first-order valence-electron chi connectivity index (χ1n) is 5.40. The van der Waals surface area contributed by atoms with Crippen molar-refractivity contribution < 1.29 is 24.2 Å². The summed E-state index contributed by atoms with van der Waals surface area (Å²) in [7, 11) is 1.53. The van der Waals surface area contributed by atoms with Gasteiger partial charge in [-0.2, -0.15) is 4.79 Å². The summed E-state index contributed by atoms with van der Waals surface area (Å²) in [5.41, 5.74) is 9.06. The number of rotatable bonds is 6. The third-order valence-corrected chi connectivity index (χ3v) is 2.43. The van der Waals surface area contributed by atoms with Crippen LogP contribution in [0.4, 0.5) is 4.79 Å². The van der Waals surface area contributed by atoms with Gasteiger partial charge in [-0.25, -0.2) is 4.79 Å². The van der Waals surface area contributed by atoms with E-state index >= 15 is 0 Å². The maximum absolute atomic E-state index is 11.5. The maximum Gasteiger partial charge on any atom is 0.405 e. The number of hydrogen-bond donors (Lipinski definition) is 2. The summed E-state index contributed by atoms with van der Waals surface area (Å²) in [4.78, 5) is 24.8. The molecule has 0 spiro atoms. The van der Waals surface area contributed by atoms with Crippen LogP contribution < -0.4 is 10.1 Å². The summed E-state index contributed by atoms with van der Waals surface area (Å²) in [5, 5.41) is 10.7. The number of benzene rings is 1. The second-order valence-electron chi connectivity index (χ2n) is 3.70. The lowest BCUT2D eigenvalue weighted by molar-refractivity contribution is -0.117. The van der Waals surface area contributed by atoms with Crippen molar-refractivity contribution in [1.29, 1.82) is 0 Å². The Kier molecular flexibility index (Phi) is 5.25. The highest BCUT2D eigenvalue weighted by molar-refractivity contribution is 6.28. The van der Waals surface area contributed by atoms with E-state index in [0.29, 0.717) is 12.0 Å². The molecule has 0 aromatic heterocycles. The molecule has 1 aromatic rings. The van der Waals surface area contributed by atoms with Crippen LogP contribution in [0.2, 0.25) is 0 Å². The third-order valence-electron chi connectivity index (χ3n) is 2.43. The summed E-state index contributed by atoms with van der Waals surface area (Å²) < 4.78 is 4.99. The predicted octanol–water partition coefficient (Wildman–Crippen LogP) is 0.744. The Hall–Kier alpha value is -2.66. The molecule has 0 bridgehead atoms. The van der Waals surface area contributed by atoms with Crippen LogP contribution in [0.3, 0.4) is 0 Å². The molecule has 0 aliphatic heterocycles. The van der Waals surface area contributed by atoms with Gasteiger partial charge < -0.3 is 20.7 Å². The van der Waals surface area contributed by atoms with Crippen LogP contribution in [0.25, 0.3) is 5.53 Å². The monoisotopic (exact) mass is 263 g/mol. The fraction of sp³-hybridized carbons (Fsp3) is 0.250. The number of carbonyl (C=O) groups excluding carboxylic acids is 1. The van der Waals surface area contributed by atoms with Gasteiger partial charge in [-0.3, -0.25) is 4.79 Å². The number of ether oxygens (including phenoxy) is 1. The smallest absolute Gasteiger partial charge is 0.405 e. The van der Waals surface area contributed by atoms with Crippen LogP contribution in [-0.2, 0) is 11.2 Å². The molecule has 7 nitrogen and oxygen atoms in total. The molecule has 1 unspecified atom stereocenters. The van der Waals surface area contributed by atoms with Crippen LogP contribution >= 0.6 is 0 Å². The molecule has 0 radical (unpaired) electrons. The van der Waals surface area contributed by atoms with Gasteiger partial charge in [0.15, 0.2) is 0 Å². The highest BCUT2D eigenvalue weighted by Gasteiger charge is 2.22. The van der Waals surface area contributed by atoms with Crippen LogP contribution in [0, 0.1) is 0 Å². The first-order valence-corrected chi connectivity index (χ1v) is 5.40. The van der Waals surface area contributed by atoms with Gasteiger partial charge in [-0.15, -0.1) is 0 Å². The lowest BCUT2D eigenvalue weighted by Gasteiger charge is -2.12. The molecule has 0 aliphatic rings. The maximum atomic E-state index is 11.5. The Labute approximate surface area is 109 Å². The van der Waals surface area contributed by atoms with Gasteiger partial charge in [0.25, 0.3) is 5.78 Å². The average Bonchev–Trinajstić information content (AvgIpc) is 2.38. The molecule has 2 N–H and O–H groups in total. The zero-order valence-corrected chi connectivity index (χ0v) is 10.2. The summed E-state index contributed by atoms with van der Waals surface area (Å²) in [5.74, 6) is 0.0375. The molecule has 7 heteroatoms. The van der Waals surface area contributed by atoms with Crippen molar-refractivity contribution in [2.75, 3.05) is 7.11 Å². The van der Waals surface area contributed by atoms with Crippen LogP contribution in [0.1, 0.15) is 5.56 Å². The molecule has 19 heavy (non-hydrogen) atoms. The number of methoxy groups -OCH3 is 1. The van der Waals surface area contributed by atoms with E-state index in [1.54, 1.807) is 24.3 Å². The average molecular weight is 263 g/mol. The molecule has 1 rings (SSSR count). The number of amides is 1. The fourth-order valence-corrected chi connectivity index (χ4v) is 1.52. The Morgan fingerprint density at radius 1 is 1.47 bits per heavy atom. The number of hydrogen-bond acceptors (Lipinski definition) is 3. The van der Waals surface area contributed by atoms with E-state index in [-0.39, 0.29) is 6.42 Å². The standard InChI is InChI=1S/C12H13N3O4/c1-19-9-4-2-8(3-5-9)6-10(15-12(17)18)11(16)7-14-13/h2-5,7,10,15H,6H2,1H3,(H,17,18). The van der Waals surface area contributed by atoms with Crippen molar-refractivity contribution in [3.63, 3.8) is 0 Å². The first-order chi connectivity index (χ1) is 9.06. The Morgan fingerprint density at radius 3 is 2.58 bits per heavy atom. The molecule has 0 saturated heterocycles. The molecule has 1 atom stereocenters. The van der Waals surface area contributed by atoms with E-state index in [4.69, 9.17) is 15.4 Å². The van der Waals surface area contributed by atoms with E-state index in [1.165, 1.54) is 7.11 Å². The molecule has 1 amide bonds. The van der Waals surface area contributed by atoms with Crippen molar-refractivity contribution in [3.8, 4) is 5.75 Å². The largest absolute Gasteiger partial charge is 0.497 e. The lowest BCUT2D eigenvalue weighted by Crippen LogP contribution is -2.42. The van der Waals surface area contributed by atoms with Crippen LogP contribution in [0.5, 0.6) is 5.75 Å². The van der Waals surface area contributed by atoms with Gasteiger partial charge in [-0.05, 0) is 17.7 Å². The normalized spacial score (nSPS) is 11.0. The van der Waals surface area contributed by atoms with Crippen molar-refractivity contribution in [2.24, 2.45) is 0 Å². The highest BCUT2D eigenvalue weighted by atomic mass is 16.5. The first kappa shape index (κ1) is 14.4. The summed E-state index contributed by atoms with van der Waals surface area (Å²) >= 11 is 0. The quantitative estimate of drug-likeness (QED) is 0.448. The summed E-state index contributed by atoms with van der Waals surface area (Å²) in [6.07, 6.45) is -0.496. The minimum absolute atomic E-state index is 0.154. The number of nitrogens with zero attached hydrogens (tertiary/aromatic N) is 2. The van der Waals surface area contributed by atoms with Crippen molar-refractivity contribution >= 4 is 18.1 Å². The van der Waals surface area contributed by atoms with E-state index in [9.17, 15) is 9.59 Å². The van der Waals surface area contributed by atoms with Gasteiger partial charge in [0, 0.05) is 6.42 Å². The second kappa shape index (κ2) is 6.93. The van der Waals surface area contributed by atoms with Gasteiger partial charge >= 0.3 is 12.3 Å². The molecular formula is C12H13N3O4. The van der Waals surface area contributed by atoms with Gasteiger partial charge in [0.05, 0.1) is 7.11 Å². The van der Waals surface area contributed by atoms with E-state index in [0.717, 1.165) is 5.56 Å². The number of carbonyl (C=O) groups is 2. The van der Waals surface area contributed by atoms with Crippen molar-refractivity contribution in [1.82, 2.24) is 5.32 Å². The van der Waals surface area contributed by atoms with Gasteiger partial charge in [-0.1, -0.05) is 12.1 Å². The Balaban J connectivity index is 2.83. The molecular weight excluding hydrogens is 250 g/mol. The molecule has 0 aliphatic carbocycles. The van der Waals surface area contributed by atoms with Crippen LogP contribution in [0.15, 0.2) is 24.3 Å². The Morgan fingerprint density at radius 2 is 2.11 bits per heavy atom. The fourth-order valence-electron chi connectivity index (χ4n) is 1.52. The number of carboxylic acid groups (broad SMARTS) is 1. The zero-order chi connectivity index (χ0) is 14.3. The van der Waals surface area contributed by atoms with Crippen molar-refractivity contribution in [3.05, 3.63) is 35.4 Å². The minimum Gasteiger partial charge on any atom is -0.497 e. The van der Waals surface area contributed by atoms with Crippen molar-refractivity contribution in [2.45, 2.75) is 12.5 Å². The van der Waals surface area contributed by atoms with E-state index in [2.05, 4.69) is 10.1 Å². The molecule has 100 valence electrons. The lowest BCUT2D eigenvalue weighted by atomic mass is 10.0. The number of Topliss-reactive ketones (excluding diaryl/α,β-unsaturated/α-hetero) is 1. The molecule has 0 heterocycles. The molecule has 1 aromatic carbocycles. The van der Waals surface area contributed by atoms with E-state index < -0.39 is 17.9 Å². The number of nitrogens with one attached hydrogen (secondary N) is 1. The molecule has 0 fully saturated rings. The summed E-state index contributed by atoms with van der Waals surface area (Å²) in [6, 6.07) is 5.86. The van der Waals surface area contributed by atoms with Gasteiger partial charge in [0.1, 0.15) is 11.8 Å². The number of ketones is 1. The second-order valence-corrected chi connectivity index (χ2v) is 3.70. The van der Waals surface area contributed by atoms with Crippen LogP contribution in [-0.4, -0.2) is 41.1 Å². The molecule has 0 saturated carbocycles. The minimum atomic E-state index is -1.32. The third kappa shape index (κ3) is 4.61.